The number of anilines is 1. The van der Waals surface area contributed by atoms with Gasteiger partial charge in [-0.25, -0.2) is 0 Å². The molecular formula is C26H34N3O3. The van der Waals surface area contributed by atoms with Crippen LogP contribution in [0.15, 0.2) is 36.4 Å². The van der Waals surface area contributed by atoms with Crippen LogP contribution in [0.4, 0.5) is 5.69 Å². The Kier molecular flexibility index (Phi) is 6.89. The number of methoxy groups -OCH3 is 2. The highest BCUT2D eigenvalue weighted by atomic mass is 16.5. The SMILES string of the molecule is [CH2]CCC(c1ccc(OC)c(OC)c1)N1Cc2c(cccc2N2CCN(CC)CC2)C1=O. The van der Waals surface area contributed by atoms with Crippen LogP contribution < -0.4 is 14.4 Å². The Morgan fingerprint density at radius 3 is 2.44 bits per heavy atom. The molecule has 1 amide bonds. The van der Waals surface area contributed by atoms with E-state index in [1.807, 2.05) is 35.2 Å². The number of carbonyl (C=O) groups excluding carboxylic acids is 1. The highest BCUT2D eigenvalue weighted by Crippen LogP contribution is 2.40. The third kappa shape index (κ3) is 4.16. The van der Waals surface area contributed by atoms with Crippen LogP contribution in [0.5, 0.6) is 11.5 Å². The topological polar surface area (TPSA) is 45.3 Å². The van der Waals surface area contributed by atoms with Crippen molar-refractivity contribution >= 4 is 11.6 Å². The van der Waals surface area contributed by atoms with Gasteiger partial charge in [0.05, 0.1) is 20.3 Å². The minimum Gasteiger partial charge on any atom is -0.493 e. The van der Waals surface area contributed by atoms with Crippen molar-refractivity contribution in [2.75, 3.05) is 51.8 Å². The number of fused-ring (bicyclic) bond motifs is 1. The molecule has 2 aromatic rings. The molecule has 2 aliphatic rings. The van der Waals surface area contributed by atoms with Crippen molar-refractivity contribution in [2.24, 2.45) is 0 Å². The summed E-state index contributed by atoms with van der Waals surface area (Å²) < 4.78 is 10.9. The zero-order chi connectivity index (χ0) is 22.7. The Morgan fingerprint density at radius 1 is 1.03 bits per heavy atom. The van der Waals surface area contributed by atoms with Gasteiger partial charge in [0.2, 0.25) is 0 Å². The number of nitrogens with zero attached hydrogens (tertiary/aromatic N) is 3. The summed E-state index contributed by atoms with van der Waals surface area (Å²) >= 11 is 0. The third-order valence-electron chi connectivity index (χ3n) is 6.78. The number of hydrogen-bond donors (Lipinski definition) is 0. The van der Waals surface area contributed by atoms with Gasteiger partial charge >= 0.3 is 0 Å². The van der Waals surface area contributed by atoms with Crippen LogP contribution in [-0.4, -0.2) is 62.7 Å². The van der Waals surface area contributed by atoms with Gasteiger partial charge in [-0.15, -0.1) is 0 Å². The molecule has 1 radical (unpaired) electrons. The fourth-order valence-electron chi connectivity index (χ4n) is 4.95. The smallest absolute Gasteiger partial charge is 0.255 e. The molecule has 4 rings (SSSR count). The van der Waals surface area contributed by atoms with E-state index in [0.717, 1.165) is 62.3 Å². The van der Waals surface area contributed by atoms with E-state index in [1.54, 1.807) is 14.2 Å². The van der Waals surface area contributed by atoms with Gasteiger partial charge in [0.1, 0.15) is 0 Å². The molecule has 1 unspecified atom stereocenters. The number of likely N-dealkylation sites (N-methyl/N-ethyl adjacent to an activating group) is 1. The first-order valence-electron chi connectivity index (χ1n) is 11.5. The van der Waals surface area contributed by atoms with E-state index in [-0.39, 0.29) is 11.9 Å². The molecule has 0 aromatic heterocycles. The van der Waals surface area contributed by atoms with Gasteiger partial charge in [0.25, 0.3) is 5.91 Å². The number of hydrogen-bond acceptors (Lipinski definition) is 5. The minimum atomic E-state index is -0.0583. The molecule has 1 atom stereocenters. The quantitative estimate of drug-likeness (QED) is 0.622. The van der Waals surface area contributed by atoms with Crippen LogP contribution in [0.25, 0.3) is 0 Å². The Bertz CT molecular complexity index is 953. The molecule has 6 nitrogen and oxygen atoms in total. The highest BCUT2D eigenvalue weighted by molar-refractivity contribution is 6.00. The molecule has 0 bridgehead atoms. The fourth-order valence-corrected chi connectivity index (χ4v) is 4.95. The standard InChI is InChI=1S/C26H34N3O3/c1-5-8-22(19-11-12-24(31-3)25(17-19)32-4)29-18-21-20(26(29)30)9-7-10-23(21)28-15-13-27(6-2)14-16-28/h7,9-12,17,22H,1,5-6,8,13-16,18H2,2-4H3. The van der Waals surface area contributed by atoms with Crippen LogP contribution in [-0.2, 0) is 6.54 Å². The van der Waals surface area contributed by atoms with Gasteiger partial charge in [0.15, 0.2) is 11.5 Å². The van der Waals surface area contributed by atoms with Crippen LogP contribution in [0.1, 0.15) is 47.3 Å². The minimum absolute atomic E-state index is 0.0583. The number of benzene rings is 2. The van der Waals surface area contributed by atoms with Gasteiger partial charge in [0, 0.05) is 49.5 Å². The lowest BCUT2D eigenvalue weighted by Crippen LogP contribution is -2.46. The van der Waals surface area contributed by atoms with Crippen molar-refractivity contribution in [3.8, 4) is 11.5 Å². The fraction of sp³-hybridized carbons (Fsp3) is 0.462. The number of rotatable bonds is 8. The summed E-state index contributed by atoms with van der Waals surface area (Å²) in [6.45, 7) is 12.1. The summed E-state index contributed by atoms with van der Waals surface area (Å²) in [4.78, 5) is 20.4. The van der Waals surface area contributed by atoms with Gasteiger partial charge in [-0.1, -0.05) is 32.4 Å². The largest absolute Gasteiger partial charge is 0.493 e. The maximum atomic E-state index is 13.5. The van der Waals surface area contributed by atoms with Crippen molar-refractivity contribution < 1.29 is 14.3 Å². The molecule has 0 spiro atoms. The zero-order valence-corrected chi connectivity index (χ0v) is 19.5. The summed E-state index contributed by atoms with van der Waals surface area (Å²) in [5, 5.41) is 0. The van der Waals surface area contributed by atoms with E-state index >= 15 is 0 Å². The van der Waals surface area contributed by atoms with Crippen LogP contribution in [0, 0.1) is 6.92 Å². The summed E-state index contributed by atoms with van der Waals surface area (Å²) in [5.74, 6) is 1.47. The number of ether oxygens (including phenoxy) is 2. The first-order valence-corrected chi connectivity index (χ1v) is 11.5. The van der Waals surface area contributed by atoms with Crippen LogP contribution in [0.2, 0.25) is 0 Å². The maximum Gasteiger partial charge on any atom is 0.255 e. The Labute approximate surface area is 191 Å². The summed E-state index contributed by atoms with van der Waals surface area (Å²) in [5.41, 5.74) is 4.23. The number of amides is 1. The van der Waals surface area contributed by atoms with Gasteiger partial charge < -0.3 is 24.2 Å². The molecule has 171 valence electrons. The normalized spacial score (nSPS) is 17.4. The van der Waals surface area contributed by atoms with E-state index in [1.165, 1.54) is 5.69 Å². The average molecular weight is 437 g/mol. The number of carbonyl (C=O) groups is 1. The van der Waals surface area contributed by atoms with Gasteiger partial charge in [-0.05, 0) is 42.8 Å². The molecular weight excluding hydrogens is 402 g/mol. The molecule has 0 aliphatic carbocycles. The second-order valence-electron chi connectivity index (χ2n) is 8.43. The summed E-state index contributed by atoms with van der Waals surface area (Å²) in [7, 11) is 3.27. The average Bonchev–Trinajstić information content (AvgIpc) is 3.18. The lowest BCUT2D eigenvalue weighted by molar-refractivity contribution is 0.0692. The van der Waals surface area contributed by atoms with Gasteiger partial charge in [-0.3, -0.25) is 4.79 Å². The molecule has 1 saturated heterocycles. The molecule has 0 N–H and O–H groups in total. The van der Waals surface area contributed by atoms with Crippen molar-refractivity contribution in [2.45, 2.75) is 32.4 Å². The molecule has 2 heterocycles. The first-order chi connectivity index (χ1) is 15.6. The second kappa shape index (κ2) is 9.82. The van der Waals surface area contributed by atoms with Gasteiger partial charge in [-0.2, -0.15) is 0 Å². The molecule has 1 fully saturated rings. The Balaban J connectivity index is 1.63. The van der Waals surface area contributed by atoms with E-state index in [2.05, 4.69) is 29.7 Å². The molecule has 2 aromatic carbocycles. The van der Waals surface area contributed by atoms with Crippen LogP contribution in [0.3, 0.4) is 0 Å². The molecule has 6 heteroatoms. The molecule has 2 aliphatic heterocycles. The first kappa shape index (κ1) is 22.5. The lowest BCUT2D eigenvalue weighted by Gasteiger charge is -2.36. The highest BCUT2D eigenvalue weighted by Gasteiger charge is 2.36. The van der Waals surface area contributed by atoms with E-state index in [4.69, 9.17) is 9.47 Å². The maximum absolute atomic E-state index is 13.5. The summed E-state index contributed by atoms with van der Waals surface area (Å²) in [6.07, 6.45) is 1.53. The predicted molar refractivity (Wildman–Crippen MR) is 128 cm³/mol. The third-order valence-corrected chi connectivity index (χ3v) is 6.78. The second-order valence-corrected chi connectivity index (χ2v) is 8.43. The van der Waals surface area contributed by atoms with Crippen molar-refractivity contribution in [1.82, 2.24) is 9.80 Å². The van der Waals surface area contributed by atoms with E-state index in [9.17, 15) is 4.79 Å². The van der Waals surface area contributed by atoms with Crippen molar-refractivity contribution in [3.05, 3.63) is 60.0 Å². The monoisotopic (exact) mass is 436 g/mol. The van der Waals surface area contributed by atoms with Crippen molar-refractivity contribution in [1.29, 1.82) is 0 Å². The predicted octanol–water partition coefficient (Wildman–Crippen LogP) is 4.16. The summed E-state index contributed by atoms with van der Waals surface area (Å²) in [6, 6.07) is 12.0. The number of piperazine rings is 1. The van der Waals surface area contributed by atoms with E-state index in [0.29, 0.717) is 18.0 Å². The van der Waals surface area contributed by atoms with Crippen molar-refractivity contribution in [3.63, 3.8) is 0 Å². The van der Waals surface area contributed by atoms with E-state index < -0.39 is 0 Å². The zero-order valence-electron chi connectivity index (χ0n) is 19.5. The Hall–Kier alpha value is -2.73. The lowest BCUT2D eigenvalue weighted by atomic mass is 10.00. The molecule has 32 heavy (non-hydrogen) atoms. The Morgan fingerprint density at radius 2 is 1.78 bits per heavy atom. The van der Waals surface area contributed by atoms with Crippen LogP contribution >= 0.6 is 0 Å². The molecule has 0 saturated carbocycles.